The normalized spacial score (nSPS) is 21.9. The van der Waals surface area contributed by atoms with Gasteiger partial charge in [-0.05, 0) is 80.4 Å². The van der Waals surface area contributed by atoms with Gasteiger partial charge in [0.1, 0.15) is 11.9 Å². The third kappa shape index (κ3) is 5.70. The van der Waals surface area contributed by atoms with E-state index in [9.17, 15) is 22.8 Å². The van der Waals surface area contributed by atoms with E-state index in [4.69, 9.17) is 17.3 Å². The minimum absolute atomic E-state index is 0.0899. The van der Waals surface area contributed by atoms with Crippen molar-refractivity contribution in [3.05, 3.63) is 63.4 Å². The monoisotopic (exact) mass is 560 g/mol. The van der Waals surface area contributed by atoms with Crippen LogP contribution >= 0.6 is 11.6 Å². The van der Waals surface area contributed by atoms with Crippen molar-refractivity contribution in [2.75, 3.05) is 19.6 Å². The molecule has 0 bridgehead atoms. The third-order valence-corrected chi connectivity index (χ3v) is 8.47. The van der Waals surface area contributed by atoms with E-state index < -0.39 is 29.6 Å². The van der Waals surface area contributed by atoms with Gasteiger partial charge in [-0.1, -0.05) is 43.1 Å². The van der Waals surface area contributed by atoms with Crippen molar-refractivity contribution in [1.82, 2.24) is 14.5 Å². The number of piperidine rings is 1. The highest BCUT2D eigenvalue weighted by atomic mass is 35.5. The molecule has 1 amide bonds. The standard InChI is InChI=1S/C29H32ClF3N4O2/c1-17(29(31,32)33)25(26(34)38)37-27(20-6-5-7-22(30)14-20)35-24-9-8-19(15-23(24)28(37)39)21-12-18(13-21)16-36-10-3-2-4-11-36/h5-9,14-15,17-18,21,25H,2-4,10-13,16H2,1H3,(H2,34,38)/t17-,18?,21?,25?/m0/s1. The Morgan fingerprint density at radius 2 is 1.85 bits per heavy atom. The molecule has 2 N–H and O–H groups in total. The number of hydrogen-bond acceptors (Lipinski definition) is 4. The van der Waals surface area contributed by atoms with E-state index in [2.05, 4.69) is 9.88 Å². The number of halogens is 4. The van der Waals surface area contributed by atoms with E-state index in [-0.39, 0.29) is 17.1 Å². The maximum Gasteiger partial charge on any atom is 0.394 e. The van der Waals surface area contributed by atoms with Crippen molar-refractivity contribution in [2.24, 2.45) is 17.6 Å². The van der Waals surface area contributed by atoms with Gasteiger partial charge in [0.25, 0.3) is 5.56 Å². The van der Waals surface area contributed by atoms with E-state index in [0.29, 0.717) is 22.0 Å². The summed E-state index contributed by atoms with van der Waals surface area (Å²) < 4.78 is 42.4. The smallest absolute Gasteiger partial charge is 0.368 e. The third-order valence-electron chi connectivity index (χ3n) is 8.24. The predicted octanol–water partition coefficient (Wildman–Crippen LogP) is 5.92. The Morgan fingerprint density at radius 1 is 1.13 bits per heavy atom. The summed E-state index contributed by atoms with van der Waals surface area (Å²) in [6.07, 6.45) is 1.02. The average molecular weight is 561 g/mol. The van der Waals surface area contributed by atoms with Gasteiger partial charge in [-0.2, -0.15) is 13.2 Å². The molecule has 10 heteroatoms. The van der Waals surface area contributed by atoms with Gasteiger partial charge in [0, 0.05) is 17.1 Å². The summed E-state index contributed by atoms with van der Waals surface area (Å²) in [5.74, 6) is -2.70. The first-order chi connectivity index (χ1) is 18.5. The molecule has 1 saturated heterocycles. The largest absolute Gasteiger partial charge is 0.394 e. The lowest BCUT2D eigenvalue weighted by Crippen LogP contribution is -2.43. The molecular weight excluding hydrogens is 529 g/mol. The SMILES string of the molecule is C[C@@H](C(C(N)=O)n1c(-c2cccc(Cl)c2)nc2ccc(C3CC(CN4CCCCC4)C3)cc2c1=O)C(F)(F)F. The number of hydrogen-bond donors (Lipinski definition) is 1. The van der Waals surface area contributed by atoms with Gasteiger partial charge < -0.3 is 10.6 Å². The molecule has 3 aromatic rings. The zero-order chi connectivity index (χ0) is 27.9. The van der Waals surface area contributed by atoms with Crippen LogP contribution in [-0.2, 0) is 4.79 Å². The van der Waals surface area contributed by atoms with E-state index in [1.165, 1.54) is 25.3 Å². The van der Waals surface area contributed by atoms with Crippen LogP contribution in [0.15, 0.2) is 47.3 Å². The van der Waals surface area contributed by atoms with Crippen LogP contribution in [0.25, 0.3) is 22.3 Å². The lowest BCUT2D eigenvalue weighted by atomic mass is 9.71. The minimum Gasteiger partial charge on any atom is -0.368 e. The molecule has 0 radical (unpaired) electrons. The van der Waals surface area contributed by atoms with Crippen LogP contribution < -0.4 is 11.3 Å². The topological polar surface area (TPSA) is 81.2 Å². The maximum atomic E-state index is 13.9. The summed E-state index contributed by atoms with van der Waals surface area (Å²) in [6, 6.07) is 9.68. The fourth-order valence-electron chi connectivity index (χ4n) is 6.00. The zero-order valence-electron chi connectivity index (χ0n) is 21.8. The average Bonchev–Trinajstić information content (AvgIpc) is 2.87. The first-order valence-corrected chi connectivity index (χ1v) is 13.8. The molecule has 1 aliphatic carbocycles. The number of alkyl halides is 3. The van der Waals surface area contributed by atoms with Crippen LogP contribution in [0.1, 0.15) is 56.6 Å². The van der Waals surface area contributed by atoms with Gasteiger partial charge >= 0.3 is 6.18 Å². The van der Waals surface area contributed by atoms with Gasteiger partial charge in [0.05, 0.1) is 16.8 Å². The van der Waals surface area contributed by atoms with Crippen molar-refractivity contribution in [1.29, 1.82) is 0 Å². The Morgan fingerprint density at radius 3 is 2.49 bits per heavy atom. The lowest BCUT2D eigenvalue weighted by Gasteiger charge is -2.40. The molecule has 2 aliphatic rings. The Balaban J connectivity index is 1.55. The number of nitrogens with zero attached hydrogens (tertiary/aromatic N) is 3. The fraction of sp³-hybridized carbons (Fsp3) is 0.483. The second-order valence-electron chi connectivity index (χ2n) is 11.0. The Kier molecular flexibility index (Phi) is 7.75. The Bertz CT molecular complexity index is 1430. The molecule has 2 fully saturated rings. The summed E-state index contributed by atoms with van der Waals surface area (Å²) in [6.45, 7) is 4.22. The molecule has 6 nitrogen and oxygen atoms in total. The summed E-state index contributed by atoms with van der Waals surface area (Å²) >= 11 is 6.14. The van der Waals surface area contributed by atoms with Gasteiger partial charge in [-0.15, -0.1) is 0 Å². The van der Waals surface area contributed by atoms with Gasteiger partial charge in [-0.25, -0.2) is 4.98 Å². The molecule has 1 aliphatic heterocycles. The van der Waals surface area contributed by atoms with E-state index >= 15 is 0 Å². The predicted molar refractivity (Wildman–Crippen MR) is 146 cm³/mol. The number of carbonyl (C=O) groups excluding carboxylic acids is 1. The summed E-state index contributed by atoms with van der Waals surface area (Å²) in [7, 11) is 0. The first-order valence-electron chi connectivity index (χ1n) is 13.4. The number of benzene rings is 2. The van der Waals surface area contributed by atoms with Crippen LogP contribution in [0.2, 0.25) is 5.02 Å². The van der Waals surface area contributed by atoms with Crippen molar-refractivity contribution in [2.45, 2.75) is 57.2 Å². The molecule has 0 spiro atoms. The molecule has 1 aromatic heterocycles. The number of primary amides is 1. The van der Waals surface area contributed by atoms with Crippen LogP contribution in [0.3, 0.4) is 0 Å². The van der Waals surface area contributed by atoms with Gasteiger partial charge in [0.2, 0.25) is 5.91 Å². The van der Waals surface area contributed by atoms with Crippen LogP contribution in [0.5, 0.6) is 0 Å². The quantitative estimate of drug-likeness (QED) is 0.389. The van der Waals surface area contributed by atoms with Crippen molar-refractivity contribution < 1.29 is 18.0 Å². The molecule has 5 rings (SSSR count). The van der Waals surface area contributed by atoms with Gasteiger partial charge in [-0.3, -0.25) is 14.2 Å². The first kappa shape index (κ1) is 27.6. The second-order valence-corrected chi connectivity index (χ2v) is 11.4. The summed E-state index contributed by atoms with van der Waals surface area (Å²) in [4.78, 5) is 33.5. The number of carbonyl (C=O) groups is 1. The highest BCUT2D eigenvalue weighted by molar-refractivity contribution is 6.30. The zero-order valence-corrected chi connectivity index (χ0v) is 22.5. The lowest BCUT2D eigenvalue weighted by molar-refractivity contribution is -0.183. The highest BCUT2D eigenvalue weighted by Gasteiger charge is 2.46. The summed E-state index contributed by atoms with van der Waals surface area (Å²) in [5, 5.41) is 0.478. The molecule has 208 valence electrons. The molecule has 1 saturated carbocycles. The second kappa shape index (κ2) is 10.9. The molecule has 2 aromatic carbocycles. The highest BCUT2D eigenvalue weighted by Crippen LogP contribution is 2.43. The summed E-state index contributed by atoms with van der Waals surface area (Å²) in [5.41, 5.74) is 6.37. The van der Waals surface area contributed by atoms with Crippen molar-refractivity contribution >= 4 is 28.4 Å². The van der Waals surface area contributed by atoms with E-state index in [1.807, 2.05) is 6.07 Å². The Labute approximate surface area is 230 Å². The van der Waals surface area contributed by atoms with Crippen molar-refractivity contribution in [3.63, 3.8) is 0 Å². The molecule has 1 unspecified atom stereocenters. The number of rotatable bonds is 7. The number of amides is 1. The van der Waals surface area contributed by atoms with Crippen LogP contribution in [0, 0.1) is 11.8 Å². The number of likely N-dealkylation sites (tertiary alicyclic amines) is 1. The molecule has 39 heavy (non-hydrogen) atoms. The van der Waals surface area contributed by atoms with Crippen LogP contribution in [-0.4, -0.2) is 46.2 Å². The van der Waals surface area contributed by atoms with E-state index in [0.717, 1.165) is 49.5 Å². The minimum atomic E-state index is -4.77. The Hall–Kier alpha value is -2.91. The molecule has 2 atom stereocenters. The number of aromatic nitrogens is 2. The maximum absolute atomic E-state index is 13.9. The van der Waals surface area contributed by atoms with Crippen molar-refractivity contribution in [3.8, 4) is 11.4 Å². The number of nitrogens with two attached hydrogens (primary N) is 1. The molecule has 2 heterocycles. The molecular formula is C29H32ClF3N4O2. The van der Waals surface area contributed by atoms with Crippen LogP contribution in [0.4, 0.5) is 13.2 Å². The van der Waals surface area contributed by atoms with E-state index in [1.54, 1.807) is 30.3 Å². The van der Waals surface area contributed by atoms with Gasteiger partial charge in [0.15, 0.2) is 0 Å². The number of fused-ring (bicyclic) bond motifs is 1. The fourth-order valence-corrected chi connectivity index (χ4v) is 6.19.